The lowest BCUT2D eigenvalue weighted by molar-refractivity contribution is -0.0939. The van der Waals surface area contributed by atoms with Crippen molar-refractivity contribution >= 4 is 0 Å². The van der Waals surface area contributed by atoms with Gasteiger partial charge >= 0.3 is 6.18 Å². The molecular weight excluding hydrogens is 157 g/mol. The average molecular weight is 168 g/mol. The lowest BCUT2D eigenvalue weighted by atomic mass is 10.3. The van der Waals surface area contributed by atoms with Crippen LogP contribution in [0.15, 0.2) is 11.8 Å². The van der Waals surface area contributed by atoms with Gasteiger partial charge in [-0.05, 0) is 20.8 Å². The van der Waals surface area contributed by atoms with Crippen LogP contribution in [0.3, 0.4) is 0 Å². The maximum absolute atomic E-state index is 11.8. The van der Waals surface area contributed by atoms with Gasteiger partial charge < -0.3 is 4.74 Å². The van der Waals surface area contributed by atoms with E-state index in [2.05, 4.69) is 4.74 Å². The molecule has 11 heavy (non-hydrogen) atoms. The van der Waals surface area contributed by atoms with Crippen LogP contribution in [0.1, 0.15) is 20.8 Å². The lowest BCUT2D eigenvalue weighted by Crippen LogP contribution is -2.10. The largest absolute Gasteiger partial charge is 0.498 e. The Kier molecular flexibility index (Phi) is 3.42. The minimum atomic E-state index is -4.27. The van der Waals surface area contributed by atoms with Crippen molar-refractivity contribution < 1.29 is 17.9 Å². The Balaban J connectivity index is 4.02. The van der Waals surface area contributed by atoms with Gasteiger partial charge in [0.05, 0.1) is 17.9 Å². The molecule has 0 atom stereocenters. The summed E-state index contributed by atoms with van der Waals surface area (Å²) in [5.41, 5.74) is -0.716. The Morgan fingerprint density at radius 1 is 1.36 bits per heavy atom. The Morgan fingerprint density at radius 2 is 1.82 bits per heavy atom. The summed E-state index contributed by atoms with van der Waals surface area (Å²) in [7, 11) is 0. The van der Waals surface area contributed by atoms with Crippen molar-refractivity contribution in [3.8, 4) is 0 Å². The molecule has 66 valence electrons. The summed E-state index contributed by atoms with van der Waals surface area (Å²) in [6.45, 7) is 4.31. The number of ether oxygens (including phenoxy) is 1. The van der Waals surface area contributed by atoms with Crippen LogP contribution in [0.25, 0.3) is 0 Å². The van der Waals surface area contributed by atoms with Crippen LogP contribution in [0.4, 0.5) is 13.2 Å². The first-order valence-corrected chi connectivity index (χ1v) is 3.23. The number of halogens is 3. The number of allylic oxidation sites excluding steroid dienone is 1. The van der Waals surface area contributed by atoms with E-state index < -0.39 is 11.7 Å². The van der Waals surface area contributed by atoms with Gasteiger partial charge in [-0.3, -0.25) is 0 Å². The molecule has 0 fully saturated rings. The molecule has 0 bridgehead atoms. The first-order valence-electron chi connectivity index (χ1n) is 3.23. The third kappa shape index (κ3) is 4.70. The minimum absolute atomic E-state index is 0.215. The van der Waals surface area contributed by atoms with Gasteiger partial charge in [-0.25, -0.2) is 0 Å². The van der Waals surface area contributed by atoms with Crippen molar-refractivity contribution in [3.63, 3.8) is 0 Å². The molecule has 0 aliphatic carbocycles. The van der Waals surface area contributed by atoms with Gasteiger partial charge in [0.1, 0.15) is 0 Å². The Morgan fingerprint density at radius 3 is 2.09 bits per heavy atom. The van der Waals surface area contributed by atoms with Crippen LogP contribution in [0.2, 0.25) is 0 Å². The van der Waals surface area contributed by atoms with Crippen LogP contribution in [-0.4, -0.2) is 12.3 Å². The Hall–Kier alpha value is -0.670. The van der Waals surface area contributed by atoms with Gasteiger partial charge in [0.2, 0.25) is 0 Å². The number of alkyl halides is 3. The van der Waals surface area contributed by atoms with E-state index in [4.69, 9.17) is 0 Å². The average Bonchev–Trinajstić information content (AvgIpc) is 1.80. The third-order valence-corrected chi connectivity index (χ3v) is 0.964. The first-order chi connectivity index (χ1) is 4.84. The van der Waals surface area contributed by atoms with Gasteiger partial charge in [-0.2, -0.15) is 13.2 Å². The van der Waals surface area contributed by atoms with Crippen molar-refractivity contribution in [2.45, 2.75) is 33.1 Å². The summed E-state index contributed by atoms with van der Waals surface area (Å²) in [5, 5.41) is 0. The van der Waals surface area contributed by atoms with Crippen molar-refractivity contribution in [2.24, 2.45) is 0 Å². The number of rotatable bonds is 2. The molecule has 0 aliphatic heterocycles. The molecule has 0 N–H and O–H groups in total. The molecule has 4 heteroatoms. The zero-order valence-electron chi connectivity index (χ0n) is 6.70. The molecule has 0 unspecified atom stereocenters. The molecule has 0 aromatic heterocycles. The van der Waals surface area contributed by atoms with Gasteiger partial charge in [0, 0.05) is 0 Å². The predicted octanol–water partition coefficient (Wildman–Crippen LogP) is 2.88. The lowest BCUT2D eigenvalue weighted by Gasteiger charge is -2.08. The molecule has 0 saturated heterocycles. The van der Waals surface area contributed by atoms with Crippen LogP contribution < -0.4 is 0 Å². The molecule has 0 radical (unpaired) electrons. The fourth-order valence-electron chi connectivity index (χ4n) is 0.305. The normalized spacial score (nSPS) is 13.9. The van der Waals surface area contributed by atoms with E-state index in [1.165, 1.54) is 0 Å². The van der Waals surface area contributed by atoms with Gasteiger partial charge in [-0.15, -0.1) is 0 Å². The van der Waals surface area contributed by atoms with E-state index in [0.29, 0.717) is 0 Å². The smallest absolute Gasteiger partial charge is 0.415 e. The standard InChI is InChI=1S/C7H11F3O/c1-5(2)11-4-6(3)7(8,9)10/h4-5H,1-3H3/b6-4+. The topological polar surface area (TPSA) is 9.23 Å². The molecule has 0 saturated carbocycles. The highest BCUT2D eigenvalue weighted by Crippen LogP contribution is 2.24. The molecular formula is C7H11F3O. The highest BCUT2D eigenvalue weighted by atomic mass is 19.4. The summed E-state index contributed by atoms with van der Waals surface area (Å²) >= 11 is 0. The van der Waals surface area contributed by atoms with E-state index in [0.717, 1.165) is 13.2 Å². The highest BCUT2D eigenvalue weighted by Gasteiger charge is 2.30. The highest BCUT2D eigenvalue weighted by molar-refractivity contribution is 5.01. The Bertz CT molecular complexity index is 146. The summed E-state index contributed by atoms with van der Waals surface area (Å²) in [6, 6.07) is 0. The number of hydrogen-bond acceptors (Lipinski definition) is 1. The second-order valence-corrected chi connectivity index (χ2v) is 2.48. The van der Waals surface area contributed by atoms with Crippen molar-refractivity contribution in [2.75, 3.05) is 0 Å². The van der Waals surface area contributed by atoms with Crippen LogP contribution in [0, 0.1) is 0 Å². The van der Waals surface area contributed by atoms with Crippen LogP contribution in [0.5, 0.6) is 0 Å². The molecule has 0 aromatic carbocycles. The third-order valence-electron chi connectivity index (χ3n) is 0.964. The molecule has 0 amide bonds. The monoisotopic (exact) mass is 168 g/mol. The van der Waals surface area contributed by atoms with Crippen molar-refractivity contribution in [3.05, 3.63) is 11.8 Å². The summed E-state index contributed by atoms with van der Waals surface area (Å²) in [6.07, 6.45) is -3.74. The predicted molar refractivity (Wildman–Crippen MR) is 36.0 cm³/mol. The van der Waals surface area contributed by atoms with E-state index in [1.54, 1.807) is 13.8 Å². The van der Waals surface area contributed by atoms with Gasteiger partial charge in [0.15, 0.2) is 0 Å². The Labute approximate surface area is 63.8 Å². The van der Waals surface area contributed by atoms with E-state index in [1.807, 2.05) is 0 Å². The SMILES string of the molecule is C/C(=C\OC(C)C)C(F)(F)F. The second kappa shape index (κ2) is 3.64. The number of hydrogen-bond donors (Lipinski definition) is 0. The first kappa shape index (κ1) is 10.3. The van der Waals surface area contributed by atoms with E-state index in [9.17, 15) is 13.2 Å². The fourth-order valence-corrected chi connectivity index (χ4v) is 0.305. The molecule has 0 rings (SSSR count). The summed E-state index contributed by atoms with van der Waals surface area (Å²) < 4.78 is 39.9. The van der Waals surface area contributed by atoms with E-state index in [-0.39, 0.29) is 6.10 Å². The van der Waals surface area contributed by atoms with E-state index >= 15 is 0 Å². The summed E-state index contributed by atoms with van der Waals surface area (Å²) in [4.78, 5) is 0. The molecule has 1 nitrogen and oxygen atoms in total. The van der Waals surface area contributed by atoms with Gasteiger partial charge in [-0.1, -0.05) is 0 Å². The molecule has 0 aliphatic rings. The second-order valence-electron chi connectivity index (χ2n) is 2.48. The fraction of sp³-hybridized carbons (Fsp3) is 0.714. The summed E-state index contributed by atoms with van der Waals surface area (Å²) in [5.74, 6) is 0. The maximum Gasteiger partial charge on any atom is 0.415 e. The molecule has 0 heterocycles. The molecule has 0 spiro atoms. The zero-order valence-corrected chi connectivity index (χ0v) is 6.70. The maximum atomic E-state index is 11.8. The molecule has 0 aromatic rings. The van der Waals surface area contributed by atoms with Gasteiger partial charge in [0.25, 0.3) is 0 Å². The van der Waals surface area contributed by atoms with Crippen LogP contribution >= 0.6 is 0 Å². The minimum Gasteiger partial charge on any atom is -0.498 e. The van der Waals surface area contributed by atoms with Crippen molar-refractivity contribution in [1.82, 2.24) is 0 Å². The van der Waals surface area contributed by atoms with Crippen molar-refractivity contribution in [1.29, 1.82) is 0 Å². The zero-order chi connectivity index (χ0) is 9.07. The quantitative estimate of drug-likeness (QED) is 0.576. The van der Waals surface area contributed by atoms with Crippen LogP contribution in [-0.2, 0) is 4.74 Å².